The fraction of sp³-hybridized carbons (Fsp3) is 0.300. The van der Waals surface area contributed by atoms with Gasteiger partial charge < -0.3 is 10.5 Å². The molecule has 0 aliphatic carbocycles. The third-order valence-corrected chi connectivity index (χ3v) is 2.16. The highest BCUT2D eigenvalue weighted by Gasteiger charge is 2.17. The van der Waals surface area contributed by atoms with Crippen molar-refractivity contribution in [3.63, 3.8) is 0 Å². The van der Waals surface area contributed by atoms with Crippen molar-refractivity contribution in [1.29, 1.82) is 0 Å². The lowest BCUT2D eigenvalue weighted by Gasteiger charge is -2.12. The largest absolute Gasteiger partial charge is 0.480 e. The molecule has 0 radical (unpaired) electrons. The molecule has 0 aliphatic rings. The molecule has 16 heavy (non-hydrogen) atoms. The number of nitro benzene ring substituents is 1. The molecule has 0 heterocycles. The van der Waals surface area contributed by atoms with Crippen molar-refractivity contribution in [3.8, 4) is 5.75 Å². The Bertz CT molecular complexity index is 431. The Morgan fingerprint density at radius 3 is 2.69 bits per heavy atom. The molecule has 0 fully saturated rings. The van der Waals surface area contributed by atoms with Crippen LogP contribution in [0, 0.1) is 17.0 Å². The summed E-state index contributed by atoms with van der Waals surface area (Å²) >= 11 is 0. The molecule has 1 unspecified atom stereocenters. The average molecular weight is 224 g/mol. The Morgan fingerprint density at radius 1 is 1.56 bits per heavy atom. The molecule has 6 heteroatoms. The maximum Gasteiger partial charge on any atom is 0.276 e. The van der Waals surface area contributed by atoms with Gasteiger partial charge in [-0.15, -0.1) is 0 Å². The van der Waals surface area contributed by atoms with Crippen LogP contribution in [0.4, 0.5) is 5.69 Å². The first-order valence-electron chi connectivity index (χ1n) is 4.63. The molecule has 0 saturated carbocycles. The second-order valence-electron chi connectivity index (χ2n) is 3.32. The molecule has 0 spiro atoms. The molecule has 6 nitrogen and oxygen atoms in total. The Balaban J connectivity index is 3.02. The number of amides is 1. The van der Waals surface area contributed by atoms with Gasteiger partial charge >= 0.3 is 0 Å². The van der Waals surface area contributed by atoms with Crippen molar-refractivity contribution >= 4 is 11.6 Å². The van der Waals surface area contributed by atoms with Gasteiger partial charge in [0.15, 0.2) is 6.10 Å². The molecule has 1 aromatic carbocycles. The Kier molecular flexibility index (Phi) is 3.44. The summed E-state index contributed by atoms with van der Waals surface area (Å²) in [7, 11) is 0. The zero-order valence-corrected chi connectivity index (χ0v) is 8.97. The van der Waals surface area contributed by atoms with E-state index in [1.54, 1.807) is 13.0 Å². The highest BCUT2D eigenvalue weighted by Crippen LogP contribution is 2.27. The second kappa shape index (κ2) is 4.61. The van der Waals surface area contributed by atoms with Crippen molar-refractivity contribution in [2.45, 2.75) is 20.0 Å². The van der Waals surface area contributed by atoms with E-state index < -0.39 is 16.9 Å². The summed E-state index contributed by atoms with van der Waals surface area (Å²) in [5, 5.41) is 10.7. The van der Waals surface area contributed by atoms with Crippen LogP contribution < -0.4 is 10.5 Å². The molecule has 1 aromatic rings. The molecular weight excluding hydrogens is 212 g/mol. The van der Waals surface area contributed by atoms with E-state index in [0.717, 1.165) is 0 Å². The van der Waals surface area contributed by atoms with Crippen LogP contribution in [0.2, 0.25) is 0 Å². The van der Waals surface area contributed by atoms with E-state index in [2.05, 4.69) is 0 Å². The van der Waals surface area contributed by atoms with Crippen molar-refractivity contribution in [3.05, 3.63) is 33.9 Å². The minimum Gasteiger partial charge on any atom is -0.480 e. The van der Waals surface area contributed by atoms with Crippen LogP contribution >= 0.6 is 0 Å². The summed E-state index contributed by atoms with van der Waals surface area (Å²) in [5.41, 5.74) is 5.36. The van der Waals surface area contributed by atoms with Crippen LogP contribution in [0.25, 0.3) is 0 Å². The molecular formula is C10H12N2O4. The van der Waals surface area contributed by atoms with E-state index in [9.17, 15) is 14.9 Å². The number of ether oxygens (including phenoxy) is 1. The number of rotatable bonds is 4. The van der Waals surface area contributed by atoms with Gasteiger partial charge in [-0.25, -0.2) is 0 Å². The van der Waals surface area contributed by atoms with Gasteiger partial charge in [-0.2, -0.15) is 0 Å². The van der Waals surface area contributed by atoms with Gasteiger partial charge in [0.1, 0.15) is 5.75 Å². The van der Waals surface area contributed by atoms with Crippen molar-refractivity contribution < 1.29 is 14.5 Å². The van der Waals surface area contributed by atoms with Crippen LogP contribution in [-0.2, 0) is 4.79 Å². The number of carbonyl (C=O) groups is 1. The van der Waals surface area contributed by atoms with Gasteiger partial charge in [0.05, 0.1) is 10.5 Å². The van der Waals surface area contributed by atoms with Gasteiger partial charge in [-0.3, -0.25) is 14.9 Å². The Labute approximate surface area is 92.2 Å². The first kappa shape index (κ1) is 12.0. The highest BCUT2D eigenvalue weighted by molar-refractivity contribution is 5.78. The number of hydrogen-bond donors (Lipinski definition) is 1. The zero-order valence-electron chi connectivity index (χ0n) is 8.97. The Morgan fingerprint density at radius 2 is 2.19 bits per heavy atom. The monoisotopic (exact) mass is 224 g/mol. The van der Waals surface area contributed by atoms with Crippen molar-refractivity contribution in [1.82, 2.24) is 0 Å². The molecule has 2 N–H and O–H groups in total. The summed E-state index contributed by atoms with van der Waals surface area (Å²) in [6.45, 7) is 3.04. The van der Waals surface area contributed by atoms with Crippen LogP contribution in [-0.4, -0.2) is 16.9 Å². The van der Waals surface area contributed by atoms with Gasteiger partial charge in [-0.1, -0.05) is 6.07 Å². The SMILES string of the molecule is Cc1c(OC(C)C(N)=O)cccc1[N+](=O)[O-]. The lowest BCUT2D eigenvalue weighted by atomic mass is 10.2. The molecule has 0 saturated heterocycles. The number of benzene rings is 1. The summed E-state index contributed by atoms with van der Waals surface area (Å²) in [4.78, 5) is 20.9. The predicted molar refractivity (Wildman–Crippen MR) is 57.1 cm³/mol. The summed E-state index contributed by atoms with van der Waals surface area (Å²) in [5.74, 6) is -0.327. The van der Waals surface area contributed by atoms with E-state index in [-0.39, 0.29) is 5.69 Å². The van der Waals surface area contributed by atoms with Crippen LogP contribution in [0.3, 0.4) is 0 Å². The smallest absolute Gasteiger partial charge is 0.276 e. The fourth-order valence-electron chi connectivity index (χ4n) is 1.18. The predicted octanol–water partition coefficient (Wildman–Crippen LogP) is 1.16. The maximum absolute atomic E-state index is 10.8. The van der Waals surface area contributed by atoms with Gasteiger partial charge in [0.25, 0.3) is 11.6 Å². The topological polar surface area (TPSA) is 95.5 Å². The average Bonchev–Trinajstić information content (AvgIpc) is 2.20. The first-order valence-corrected chi connectivity index (χ1v) is 4.63. The minimum atomic E-state index is -0.819. The second-order valence-corrected chi connectivity index (χ2v) is 3.32. The van der Waals surface area contributed by atoms with Crippen molar-refractivity contribution in [2.75, 3.05) is 0 Å². The number of nitro groups is 1. The third kappa shape index (κ3) is 2.47. The lowest BCUT2D eigenvalue weighted by Crippen LogP contribution is -2.30. The van der Waals surface area contributed by atoms with Gasteiger partial charge in [0, 0.05) is 6.07 Å². The molecule has 1 rings (SSSR count). The molecule has 0 bridgehead atoms. The van der Waals surface area contributed by atoms with E-state index in [4.69, 9.17) is 10.5 Å². The standard InChI is InChI=1S/C10H12N2O4/c1-6-8(12(14)15)4-3-5-9(6)16-7(2)10(11)13/h3-5,7H,1-2H3,(H2,11,13). The Hall–Kier alpha value is -2.11. The van der Waals surface area contributed by atoms with Crippen LogP contribution in [0.15, 0.2) is 18.2 Å². The number of carbonyl (C=O) groups excluding carboxylic acids is 1. The van der Waals surface area contributed by atoms with E-state index in [0.29, 0.717) is 11.3 Å². The minimum absolute atomic E-state index is 0.0471. The summed E-state index contributed by atoms with van der Waals surface area (Å²) < 4.78 is 5.22. The van der Waals surface area contributed by atoms with Gasteiger partial charge in [0.2, 0.25) is 0 Å². The normalized spacial score (nSPS) is 11.9. The van der Waals surface area contributed by atoms with Gasteiger partial charge in [-0.05, 0) is 19.9 Å². The lowest BCUT2D eigenvalue weighted by molar-refractivity contribution is -0.385. The highest BCUT2D eigenvalue weighted by atomic mass is 16.6. The molecule has 0 aromatic heterocycles. The fourth-order valence-corrected chi connectivity index (χ4v) is 1.18. The zero-order chi connectivity index (χ0) is 12.3. The summed E-state index contributed by atoms with van der Waals surface area (Å²) in [6, 6.07) is 4.42. The van der Waals surface area contributed by atoms with E-state index >= 15 is 0 Å². The third-order valence-electron chi connectivity index (χ3n) is 2.16. The molecule has 86 valence electrons. The number of nitrogens with two attached hydrogens (primary N) is 1. The molecule has 1 atom stereocenters. The number of nitrogens with zero attached hydrogens (tertiary/aromatic N) is 1. The van der Waals surface area contributed by atoms with E-state index in [1.165, 1.54) is 19.1 Å². The quantitative estimate of drug-likeness (QED) is 0.613. The first-order chi connectivity index (χ1) is 7.43. The number of hydrogen-bond acceptors (Lipinski definition) is 4. The number of primary amides is 1. The summed E-state index contributed by atoms with van der Waals surface area (Å²) in [6.07, 6.45) is -0.819. The molecule has 0 aliphatic heterocycles. The maximum atomic E-state index is 10.8. The van der Waals surface area contributed by atoms with Crippen LogP contribution in [0.1, 0.15) is 12.5 Å². The van der Waals surface area contributed by atoms with Crippen LogP contribution in [0.5, 0.6) is 5.75 Å². The van der Waals surface area contributed by atoms with E-state index in [1.807, 2.05) is 0 Å². The molecule has 1 amide bonds. The van der Waals surface area contributed by atoms with Crippen molar-refractivity contribution in [2.24, 2.45) is 5.73 Å².